The van der Waals surface area contributed by atoms with Crippen LogP contribution < -0.4 is 16.0 Å². The summed E-state index contributed by atoms with van der Waals surface area (Å²) in [7, 11) is -3.81. The number of hydrogen-bond acceptors (Lipinski definition) is 6. The number of nitrogens with zero attached hydrogens (tertiary/aromatic N) is 2. The third-order valence-corrected chi connectivity index (χ3v) is 7.72. The summed E-state index contributed by atoms with van der Waals surface area (Å²) in [4.78, 5) is 33.0. The molecule has 1 amide bonds. The van der Waals surface area contributed by atoms with Crippen molar-refractivity contribution in [2.75, 3.05) is 5.73 Å². The van der Waals surface area contributed by atoms with E-state index < -0.39 is 21.2 Å². The quantitative estimate of drug-likeness (QED) is 0.390. The summed E-state index contributed by atoms with van der Waals surface area (Å²) in [6.45, 7) is 2.14. The number of H-pyrrole nitrogens is 1. The van der Waals surface area contributed by atoms with Crippen LogP contribution >= 0.6 is 0 Å². The van der Waals surface area contributed by atoms with E-state index in [-0.39, 0.29) is 23.4 Å². The second kappa shape index (κ2) is 8.14. The number of aryl methyl sites for hydroxylation is 1. The fourth-order valence-electron chi connectivity index (χ4n) is 4.17. The molecular weight excluding hydrogens is 454 g/mol. The van der Waals surface area contributed by atoms with Gasteiger partial charge in [0, 0.05) is 41.0 Å². The van der Waals surface area contributed by atoms with Crippen molar-refractivity contribution in [2.45, 2.75) is 31.6 Å². The number of aromatic nitrogens is 3. The summed E-state index contributed by atoms with van der Waals surface area (Å²) in [6.07, 6.45) is 4.12. The number of pyridine rings is 2. The number of aromatic amines is 1. The van der Waals surface area contributed by atoms with Gasteiger partial charge in [-0.3, -0.25) is 9.59 Å². The number of rotatable bonds is 6. The van der Waals surface area contributed by atoms with Gasteiger partial charge in [-0.15, -0.1) is 0 Å². The molecule has 0 atom stereocenters. The second-order valence-corrected chi connectivity index (χ2v) is 10.5. The zero-order valence-corrected chi connectivity index (χ0v) is 19.2. The van der Waals surface area contributed by atoms with E-state index in [0.717, 1.165) is 11.1 Å². The van der Waals surface area contributed by atoms with Crippen LogP contribution in [0.1, 0.15) is 34.5 Å². The van der Waals surface area contributed by atoms with Crippen LogP contribution in [0.3, 0.4) is 0 Å². The molecule has 10 heteroatoms. The first kappa shape index (κ1) is 21.9. The number of sulfonamides is 1. The average Bonchev–Trinajstić information content (AvgIpc) is 3.59. The van der Waals surface area contributed by atoms with E-state index in [1.54, 1.807) is 35.0 Å². The highest BCUT2D eigenvalue weighted by molar-refractivity contribution is 7.91. The van der Waals surface area contributed by atoms with E-state index in [1.807, 2.05) is 25.1 Å². The highest BCUT2D eigenvalue weighted by Gasteiger charge is 2.38. The standard InChI is InChI=1S/C24H23N5O4S/c1-14-4-7-19-18(11-14)21(17-3-2-9-27-23(17)30)22(24(31)28-34(32,33)16-5-6-16)29(19)13-15-8-10-26-20(25)12-15/h2-4,7-12,16H,5-6,13H2,1H3,(H2,25,26)(H,27,30)(H,28,31). The van der Waals surface area contributed by atoms with Gasteiger partial charge in [0.15, 0.2) is 0 Å². The summed E-state index contributed by atoms with van der Waals surface area (Å²) >= 11 is 0. The normalized spacial score (nSPS) is 13.8. The maximum atomic E-state index is 13.6. The molecule has 5 rings (SSSR count). The van der Waals surface area contributed by atoms with Crippen molar-refractivity contribution in [2.24, 2.45) is 0 Å². The predicted molar refractivity (Wildman–Crippen MR) is 130 cm³/mol. The number of nitrogens with two attached hydrogens (primary N) is 1. The van der Waals surface area contributed by atoms with Crippen LogP contribution in [0.5, 0.6) is 0 Å². The number of anilines is 1. The first-order valence-electron chi connectivity index (χ1n) is 10.8. The molecule has 0 spiro atoms. The van der Waals surface area contributed by atoms with E-state index in [2.05, 4.69) is 14.7 Å². The van der Waals surface area contributed by atoms with Crippen molar-refractivity contribution >= 4 is 32.7 Å². The Bertz CT molecular complexity index is 1600. The monoisotopic (exact) mass is 477 g/mol. The number of amides is 1. The molecule has 4 aromatic rings. The molecule has 174 valence electrons. The third kappa shape index (κ3) is 3.96. The van der Waals surface area contributed by atoms with Crippen LogP contribution in [0.15, 0.2) is 59.7 Å². The molecule has 3 aromatic heterocycles. The maximum absolute atomic E-state index is 13.6. The molecule has 1 fully saturated rings. The van der Waals surface area contributed by atoms with Crippen LogP contribution in [0.4, 0.5) is 5.82 Å². The Morgan fingerprint density at radius 3 is 2.74 bits per heavy atom. The van der Waals surface area contributed by atoms with Crippen LogP contribution in [-0.2, 0) is 16.6 Å². The molecule has 1 aliphatic carbocycles. The second-order valence-electron chi connectivity index (χ2n) is 8.51. The molecular formula is C24H23N5O4S. The van der Waals surface area contributed by atoms with Gasteiger partial charge in [-0.05, 0) is 61.7 Å². The number of fused-ring (bicyclic) bond motifs is 1. The molecule has 0 unspecified atom stereocenters. The Kier molecular flexibility index (Phi) is 5.24. The minimum absolute atomic E-state index is 0.0944. The molecule has 4 N–H and O–H groups in total. The number of hydrogen-bond donors (Lipinski definition) is 3. The van der Waals surface area contributed by atoms with Gasteiger partial charge in [-0.1, -0.05) is 11.6 Å². The molecule has 0 saturated heterocycles. The van der Waals surface area contributed by atoms with Gasteiger partial charge in [0.25, 0.3) is 11.5 Å². The van der Waals surface area contributed by atoms with Crippen LogP contribution in [-0.4, -0.2) is 34.1 Å². The summed E-state index contributed by atoms with van der Waals surface area (Å²) in [5.74, 6) is -0.451. The first-order chi connectivity index (χ1) is 16.2. The van der Waals surface area contributed by atoms with Crippen molar-refractivity contribution in [3.8, 4) is 11.1 Å². The summed E-state index contributed by atoms with van der Waals surface area (Å²) in [5, 5.41) is 0.104. The Morgan fingerprint density at radius 1 is 1.24 bits per heavy atom. The lowest BCUT2D eigenvalue weighted by Crippen LogP contribution is -2.35. The lowest BCUT2D eigenvalue weighted by atomic mass is 10.0. The van der Waals surface area contributed by atoms with Gasteiger partial charge >= 0.3 is 0 Å². The molecule has 34 heavy (non-hydrogen) atoms. The molecule has 9 nitrogen and oxygen atoms in total. The van der Waals surface area contributed by atoms with E-state index in [1.165, 1.54) is 6.20 Å². The third-order valence-electron chi connectivity index (χ3n) is 5.91. The topological polar surface area (TPSA) is 140 Å². The van der Waals surface area contributed by atoms with Crippen molar-refractivity contribution in [3.63, 3.8) is 0 Å². The van der Waals surface area contributed by atoms with Crippen LogP contribution in [0.25, 0.3) is 22.0 Å². The SMILES string of the molecule is Cc1ccc2c(c1)c(-c1ccc[nH]c1=O)c(C(=O)NS(=O)(=O)C1CC1)n2Cc1ccnc(N)c1. The molecule has 0 radical (unpaired) electrons. The molecule has 0 aliphatic heterocycles. The first-order valence-corrected chi connectivity index (χ1v) is 12.4. The van der Waals surface area contributed by atoms with Crippen molar-refractivity contribution in [1.29, 1.82) is 0 Å². The zero-order valence-electron chi connectivity index (χ0n) is 18.4. The molecule has 1 saturated carbocycles. The largest absolute Gasteiger partial charge is 0.384 e. The van der Waals surface area contributed by atoms with Gasteiger partial charge in [0.1, 0.15) is 11.5 Å². The van der Waals surface area contributed by atoms with Gasteiger partial charge < -0.3 is 15.3 Å². The summed E-state index contributed by atoms with van der Waals surface area (Å²) < 4.78 is 29.2. The number of nitrogen functional groups attached to an aromatic ring is 1. The zero-order chi connectivity index (χ0) is 24.0. The van der Waals surface area contributed by atoms with Gasteiger partial charge in [0.05, 0.1) is 5.25 Å². The van der Waals surface area contributed by atoms with E-state index in [9.17, 15) is 18.0 Å². The van der Waals surface area contributed by atoms with E-state index in [4.69, 9.17) is 5.73 Å². The van der Waals surface area contributed by atoms with Crippen molar-refractivity contribution in [1.82, 2.24) is 19.3 Å². The van der Waals surface area contributed by atoms with Gasteiger partial charge in [-0.2, -0.15) is 0 Å². The maximum Gasteiger partial charge on any atom is 0.282 e. The fraction of sp³-hybridized carbons (Fsp3) is 0.208. The molecule has 0 bridgehead atoms. The number of nitrogens with one attached hydrogen (secondary N) is 2. The number of carbonyl (C=O) groups excluding carboxylic acids is 1. The minimum atomic E-state index is -3.81. The van der Waals surface area contributed by atoms with Crippen molar-refractivity contribution < 1.29 is 13.2 Å². The van der Waals surface area contributed by atoms with E-state index in [0.29, 0.717) is 35.1 Å². The Hall–Kier alpha value is -3.92. The summed E-state index contributed by atoms with van der Waals surface area (Å²) in [6, 6.07) is 12.4. The lowest BCUT2D eigenvalue weighted by molar-refractivity contribution is 0.0974. The predicted octanol–water partition coefficient (Wildman–Crippen LogP) is 2.55. The average molecular weight is 478 g/mol. The van der Waals surface area contributed by atoms with Gasteiger partial charge in [0.2, 0.25) is 10.0 Å². The Morgan fingerprint density at radius 2 is 2.03 bits per heavy atom. The van der Waals surface area contributed by atoms with Crippen molar-refractivity contribution in [3.05, 3.63) is 82.0 Å². The lowest BCUT2D eigenvalue weighted by Gasteiger charge is -2.13. The highest BCUT2D eigenvalue weighted by Crippen LogP contribution is 2.35. The summed E-state index contributed by atoms with van der Waals surface area (Å²) in [5.41, 5.74) is 8.63. The number of carbonyl (C=O) groups is 1. The highest BCUT2D eigenvalue weighted by atomic mass is 32.2. The smallest absolute Gasteiger partial charge is 0.282 e. The van der Waals surface area contributed by atoms with Crippen LogP contribution in [0, 0.1) is 6.92 Å². The Labute approximate surface area is 195 Å². The molecule has 3 heterocycles. The minimum Gasteiger partial charge on any atom is -0.384 e. The van der Waals surface area contributed by atoms with Gasteiger partial charge in [-0.25, -0.2) is 18.1 Å². The fourth-order valence-corrected chi connectivity index (χ4v) is 5.45. The van der Waals surface area contributed by atoms with Crippen LogP contribution in [0.2, 0.25) is 0 Å². The van der Waals surface area contributed by atoms with E-state index >= 15 is 0 Å². The Balaban J connectivity index is 1.79. The molecule has 1 aromatic carbocycles. The molecule has 1 aliphatic rings. The number of benzene rings is 1.